The van der Waals surface area contributed by atoms with Crippen molar-refractivity contribution in [3.8, 4) is 0 Å². The highest BCUT2D eigenvalue weighted by molar-refractivity contribution is 5.77. The van der Waals surface area contributed by atoms with Gasteiger partial charge in [0.25, 0.3) is 5.92 Å². The summed E-state index contributed by atoms with van der Waals surface area (Å²) in [5.41, 5.74) is 0.458. The summed E-state index contributed by atoms with van der Waals surface area (Å²) in [5, 5.41) is 0. The van der Waals surface area contributed by atoms with Gasteiger partial charge in [-0.3, -0.25) is 4.79 Å². The molecule has 3 saturated heterocycles. The fraction of sp³-hybridized carbons (Fsp3) is 0.773. The zero-order valence-electron chi connectivity index (χ0n) is 18.3. The van der Waals surface area contributed by atoms with Crippen molar-refractivity contribution < 1.29 is 18.3 Å². The van der Waals surface area contributed by atoms with Crippen LogP contribution in [0.25, 0.3) is 0 Å². The molecule has 1 unspecified atom stereocenters. The molecule has 1 aromatic rings. The van der Waals surface area contributed by atoms with Gasteiger partial charge in [-0.2, -0.15) is 13.8 Å². The van der Waals surface area contributed by atoms with Gasteiger partial charge in [0.05, 0.1) is 12.1 Å². The fourth-order valence-corrected chi connectivity index (χ4v) is 5.03. The Hall–Kier alpha value is -2.03. The zero-order chi connectivity index (χ0) is 21.8. The van der Waals surface area contributed by atoms with Gasteiger partial charge < -0.3 is 19.4 Å². The van der Waals surface area contributed by atoms with E-state index in [4.69, 9.17) is 9.72 Å². The van der Waals surface area contributed by atoms with Crippen LogP contribution in [0, 0.1) is 0 Å². The van der Waals surface area contributed by atoms with E-state index < -0.39 is 5.92 Å². The molecule has 0 N–H and O–H groups in total. The summed E-state index contributed by atoms with van der Waals surface area (Å²) in [4.78, 5) is 27.3. The minimum Gasteiger partial charge on any atom is -0.364 e. The first-order valence-electron chi connectivity index (χ1n) is 11.6. The molecule has 0 radical (unpaired) electrons. The number of ether oxygens (including phenoxy) is 1. The molecule has 0 bridgehead atoms. The molecular weight excluding hydrogens is 404 g/mol. The van der Waals surface area contributed by atoms with Crippen molar-refractivity contribution in [1.29, 1.82) is 0 Å². The van der Waals surface area contributed by atoms with E-state index in [1.807, 2.05) is 21.6 Å². The number of rotatable bonds is 5. The van der Waals surface area contributed by atoms with Crippen LogP contribution in [0.5, 0.6) is 0 Å². The average molecular weight is 436 g/mol. The van der Waals surface area contributed by atoms with E-state index in [9.17, 15) is 13.6 Å². The number of hydrogen-bond acceptors (Lipinski definition) is 6. The van der Waals surface area contributed by atoms with Crippen LogP contribution in [0.2, 0.25) is 0 Å². The standard InChI is InChI=1S/C22H31F2N5O2/c1-14-7-11-28(14)21-25-19-16(6-8-22(19,23)24)20(26-21)29-12-17(15(29)2)31-13-18(30)27-9-4-3-5-10-27/h14-15,17H,3-13H2,1-2H3/t14?,15-,17+/m0/s1. The largest absolute Gasteiger partial charge is 0.364 e. The number of halogens is 2. The molecule has 9 heteroatoms. The van der Waals surface area contributed by atoms with Gasteiger partial charge in [0, 0.05) is 44.2 Å². The maximum absolute atomic E-state index is 14.5. The molecule has 31 heavy (non-hydrogen) atoms. The topological polar surface area (TPSA) is 61.8 Å². The van der Waals surface area contributed by atoms with Crippen LogP contribution < -0.4 is 9.80 Å². The van der Waals surface area contributed by atoms with Crippen molar-refractivity contribution >= 4 is 17.7 Å². The molecule has 3 fully saturated rings. The molecule has 7 nitrogen and oxygen atoms in total. The van der Waals surface area contributed by atoms with Crippen LogP contribution in [0.4, 0.5) is 20.5 Å². The third kappa shape index (κ3) is 3.64. The van der Waals surface area contributed by atoms with Crippen molar-refractivity contribution in [2.24, 2.45) is 0 Å². The van der Waals surface area contributed by atoms with Gasteiger partial charge in [-0.25, -0.2) is 4.98 Å². The normalized spacial score (nSPS) is 29.4. The minimum absolute atomic E-state index is 0.0240. The summed E-state index contributed by atoms with van der Waals surface area (Å²) in [6, 6.07) is 0.246. The Kier molecular flexibility index (Phi) is 5.27. The van der Waals surface area contributed by atoms with Gasteiger partial charge in [0.15, 0.2) is 0 Å². The predicted molar refractivity (Wildman–Crippen MR) is 113 cm³/mol. The van der Waals surface area contributed by atoms with E-state index in [1.165, 1.54) is 6.42 Å². The number of fused-ring (bicyclic) bond motifs is 1. The molecule has 5 rings (SSSR count). The number of likely N-dealkylation sites (tertiary alicyclic amines) is 1. The Balaban J connectivity index is 1.29. The summed E-state index contributed by atoms with van der Waals surface area (Å²) in [6.07, 6.45) is 4.28. The Labute approximate surface area is 181 Å². The lowest BCUT2D eigenvalue weighted by atomic mass is 9.99. The SMILES string of the molecule is CC1CCN1c1nc(N2C[C@@H](OCC(=O)N3CCCCC3)[C@@H]2C)c2c(n1)C(F)(F)CC2. The molecular formula is C22H31F2N5O2. The van der Waals surface area contributed by atoms with E-state index in [0.29, 0.717) is 23.9 Å². The fourth-order valence-electron chi connectivity index (χ4n) is 5.03. The molecule has 1 aromatic heterocycles. The second-order valence-corrected chi connectivity index (χ2v) is 9.39. The zero-order valence-corrected chi connectivity index (χ0v) is 18.3. The number of alkyl halides is 2. The summed E-state index contributed by atoms with van der Waals surface area (Å²) >= 11 is 0. The molecule has 0 spiro atoms. The van der Waals surface area contributed by atoms with E-state index >= 15 is 0 Å². The third-order valence-electron chi connectivity index (χ3n) is 7.39. The van der Waals surface area contributed by atoms with Crippen molar-refractivity contribution in [3.63, 3.8) is 0 Å². The van der Waals surface area contributed by atoms with Crippen LogP contribution >= 0.6 is 0 Å². The van der Waals surface area contributed by atoms with Crippen LogP contribution in [0.3, 0.4) is 0 Å². The number of nitrogens with zero attached hydrogens (tertiary/aromatic N) is 5. The smallest absolute Gasteiger partial charge is 0.290 e. The molecule has 3 atom stereocenters. The van der Waals surface area contributed by atoms with Crippen molar-refractivity contribution in [3.05, 3.63) is 11.3 Å². The molecule has 0 aromatic carbocycles. The van der Waals surface area contributed by atoms with E-state index in [1.54, 1.807) is 0 Å². The van der Waals surface area contributed by atoms with Gasteiger partial charge >= 0.3 is 0 Å². The summed E-state index contributed by atoms with van der Waals surface area (Å²) in [6.45, 7) is 7.13. The van der Waals surface area contributed by atoms with Crippen LogP contribution in [0.15, 0.2) is 0 Å². The van der Waals surface area contributed by atoms with Gasteiger partial charge in [-0.1, -0.05) is 0 Å². The van der Waals surface area contributed by atoms with Crippen LogP contribution in [-0.4, -0.2) is 71.7 Å². The van der Waals surface area contributed by atoms with E-state index in [-0.39, 0.29) is 49.2 Å². The Morgan fingerprint density at radius 1 is 1.13 bits per heavy atom. The Morgan fingerprint density at radius 3 is 2.55 bits per heavy atom. The predicted octanol–water partition coefficient (Wildman–Crippen LogP) is 2.72. The van der Waals surface area contributed by atoms with Crippen molar-refractivity contribution in [2.75, 3.05) is 42.6 Å². The summed E-state index contributed by atoms with van der Waals surface area (Å²) < 4.78 is 35.0. The second-order valence-electron chi connectivity index (χ2n) is 9.39. The Bertz CT molecular complexity index is 861. The number of carbonyl (C=O) groups excluding carboxylic acids is 1. The Morgan fingerprint density at radius 2 is 1.90 bits per heavy atom. The summed E-state index contributed by atoms with van der Waals surface area (Å²) in [5.74, 6) is -1.83. The first-order valence-corrected chi connectivity index (χ1v) is 11.6. The molecule has 3 aliphatic heterocycles. The number of amides is 1. The second kappa shape index (κ2) is 7.83. The highest BCUT2D eigenvalue weighted by Crippen LogP contribution is 2.46. The van der Waals surface area contributed by atoms with Crippen molar-refractivity contribution in [2.45, 2.75) is 76.5 Å². The summed E-state index contributed by atoms with van der Waals surface area (Å²) in [7, 11) is 0. The molecule has 0 saturated carbocycles. The molecule has 1 amide bonds. The first kappa shape index (κ1) is 20.8. The van der Waals surface area contributed by atoms with Gasteiger partial charge in [0.2, 0.25) is 11.9 Å². The van der Waals surface area contributed by atoms with E-state index in [2.05, 4.69) is 11.9 Å². The molecule has 1 aliphatic carbocycles. The minimum atomic E-state index is -2.90. The van der Waals surface area contributed by atoms with Gasteiger partial charge in [-0.15, -0.1) is 0 Å². The average Bonchev–Trinajstić information content (AvgIpc) is 3.06. The highest BCUT2D eigenvalue weighted by atomic mass is 19.3. The number of anilines is 2. The third-order valence-corrected chi connectivity index (χ3v) is 7.39. The number of aromatic nitrogens is 2. The quantitative estimate of drug-likeness (QED) is 0.709. The lowest BCUT2D eigenvalue weighted by molar-refractivity contribution is -0.140. The van der Waals surface area contributed by atoms with Crippen LogP contribution in [-0.2, 0) is 21.9 Å². The van der Waals surface area contributed by atoms with Crippen molar-refractivity contribution in [1.82, 2.24) is 14.9 Å². The molecule has 4 aliphatic rings. The molecule has 170 valence electrons. The maximum Gasteiger partial charge on any atom is 0.290 e. The number of carbonyl (C=O) groups is 1. The number of piperidine rings is 1. The highest BCUT2D eigenvalue weighted by Gasteiger charge is 2.47. The number of hydrogen-bond donors (Lipinski definition) is 0. The monoisotopic (exact) mass is 435 g/mol. The van der Waals surface area contributed by atoms with Crippen LogP contribution in [0.1, 0.15) is 57.2 Å². The first-order chi connectivity index (χ1) is 14.8. The lowest BCUT2D eigenvalue weighted by Gasteiger charge is -2.48. The lowest BCUT2D eigenvalue weighted by Crippen LogP contribution is -2.61. The maximum atomic E-state index is 14.5. The van der Waals surface area contributed by atoms with Gasteiger partial charge in [-0.05, 0) is 46.0 Å². The van der Waals surface area contributed by atoms with E-state index in [0.717, 1.165) is 38.9 Å². The molecule has 4 heterocycles. The van der Waals surface area contributed by atoms with Gasteiger partial charge in [0.1, 0.15) is 18.1 Å².